The average Bonchev–Trinajstić information content (AvgIpc) is 2.81. The summed E-state index contributed by atoms with van der Waals surface area (Å²) >= 11 is 1.07. The molecule has 0 unspecified atom stereocenters. The number of alkyl halides is 1. The van der Waals surface area contributed by atoms with E-state index in [4.69, 9.17) is 0 Å². The highest BCUT2D eigenvalue weighted by Gasteiger charge is 2.25. The zero-order valence-electron chi connectivity index (χ0n) is 9.26. The van der Waals surface area contributed by atoms with Crippen LogP contribution in [0.4, 0.5) is 9.39 Å². The zero-order valence-corrected chi connectivity index (χ0v) is 10.1. The molecule has 0 radical (unpaired) electrons. The number of thiophene rings is 1. The van der Waals surface area contributed by atoms with Gasteiger partial charge in [0.1, 0.15) is 6.67 Å². The van der Waals surface area contributed by atoms with E-state index in [-0.39, 0.29) is 11.0 Å². The quantitative estimate of drug-likeness (QED) is 0.658. The van der Waals surface area contributed by atoms with E-state index in [1.807, 2.05) is 4.90 Å². The van der Waals surface area contributed by atoms with E-state index in [1.165, 1.54) is 6.07 Å². The lowest BCUT2D eigenvalue weighted by Gasteiger charge is -2.32. The standard InChI is InChI=1S/C10H14FN3O2S/c11-7-8(13-5-3-12-4-6-13)9-1-2-10(17-9)14(15)16/h1-2,8,12H,3-7H2/t8-/m0/s1. The zero-order chi connectivity index (χ0) is 12.3. The number of piperazine rings is 1. The third-order valence-electron chi connectivity index (χ3n) is 2.86. The van der Waals surface area contributed by atoms with Crippen LogP contribution in [-0.2, 0) is 0 Å². The van der Waals surface area contributed by atoms with Crippen molar-refractivity contribution in [1.29, 1.82) is 0 Å². The van der Waals surface area contributed by atoms with Gasteiger partial charge in [-0.05, 0) is 6.07 Å². The van der Waals surface area contributed by atoms with Crippen molar-refractivity contribution < 1.29 is 9.31 Å². The molecular weight excluding hydrogens is 245 g/mol. The first-order valence-electron chi connectivity index (χ1n) is 5.47. The molecule has 1 saturated heterocycles. The van der Waals surface area contributed by atoms with Gasteiger partial charge < -0.3 is 5.32 Å². The number of hydrogen-bond donors (Lipinski definition) is 1. The van der Waals surface area contributed by atoms with E-state index in [0.717, 1.165) is 42.4 Å². The van der Waals surface area contributed by atoms with Gasteiger partial charge in [-0.3, -0.25) is 15.0 Å². The first-order valence-corrected chi connectivity index (χ1v) is 6.29. The molecule has 1 aliphatic rings. The maximum absolute atomic E-state index is 13.1. The van der Waals surface area contributed by atoms with Gasteiger partial charge in [0.05, 0.1) is 11.0 Å². The average molecular weight is 259 g/mol. The lowest BCUT2D eigenvalue weighted by atomic mass is 10.2. The van der Waals surface area contributed by atoms with Crippen molar-refractivity contribution in [2.75, 3.05) is 32.9 Å². The van der Waals surface area contributed by atoms with Crippen LogP contribution in [-0.4, -0.2) is 42.7 Å². The molecule has 17 heavy (non-hydrogen) atoms. The fourth-order valence-corrected chi connectivity index (χ4v) is 2.90. The Morgan fingerprint density at radius 3 is 2.76 bits per heavy atom. The number of nitrogens with one attached hydrogen (secondary N) is 1. The first-order chi connectivity index (χ1) is 8.22. The summed E-state index contributed by atoms with van der Waals surface area (Å²) in [5.41, 5.74) is 0. The summed E-state index contributed by atoms with van der Waals surface area (Å²) in [5, 5.41) is 13.9. The van der Waals surface area contributed by atoms with Crippen molar-refractivity contribution in [3.8, 4) is 0 Å². The number of hydrogen-bond acceptors (Lipinski definition) is 5. The Balaban J connectivity index is 2.12. The molecule has 94 valence electrons. The summed E-state index contributed by atoms with van der Waals surface area (Å²) in [5.74, 6) is 0. The molecule has 1 atom stereocenters. The molecule has 1 aromatic heterocycles. The maximum atomic E-state index is 13.1. The van der Waals surface area contributed by atoms with Gasteiger partial charge in [0.15, 0.2) is 0 Å². The van der Waals surface area contributed by atoms with Crippen LogP contribution in [0.1, 0.15) is 10.9 Å². The summed E-state index contributed by atoms with van der Waals surface area (Å²) in [6.45, 7) is 2.73. The number of nitro groups is 1. The largest absolute Gasteiger partial charge is 0.324 e. The van der Waals surface area contributed by atoms with Crippen molar-refractivity contribution in [2.45, 2.75) is 6.04 Å². The second-order valence-electron chi connectivity index (χ2n) is 3.89. The van der Waals surface area contributed by atoms with Crippen molar-refractivity contribution in [3.63, 3.8) is 0 Å². The highest BCUT2D eigenvalue weighted by atomic mass is 32.1. The Hall–Kier alpha value is -1.05. The molecule has 1 aromatic rings. The van der Waals surface area contributed by atoms with E-state index in [0.29, 0.717) is 0 Å². The summed E-state index contributed by atoms with van der Waals surface area (Å²) in [7, 11) is 0. The Morgan fingerprint density at radius 1 is 1.53 bits per heavy atom. The minimum Gasteiger partial charge on any atom is -0.314 e. The lowest BCUT2D eigenvalue weighted by Crippen LogP contribution is -2.45. The van der Waals surface area contributed by atoms with Crippen LogP contribution in [0.5, 0.6) is 0 Å². The Bertz CT molecular complexity index is 393. The van der Waals surface area contributed by atoms with E-state index >= 15 is 0 Å². The molecule has 2 heterocycles. The highest BCUT2D eigenvalue weighted by molar-refractivity contribution is 7.15. The van der Waals surface area contributed by atoms with Crippen LogP contribution in [0, 0.1) is 10.1 Å². The summed E-state index contributed by atoms with van der Waals surface area (Å²) in [4.78, 5) is 12.9. The third kappa shape index (κ3) is 2.80. The molecule has 0 bridgehead atoms. The molecule has 1 fully saturated rings. The molecule has 1 N–H and O–H groups in total. The summed E-state index contributed by atoms with van der Waals surface area (Å²) in [6, 6.07) is 2.77. The normalized spacial score (nSPS) is 19.1. The SMILES string of the molecule is O=[N+]([O-])c1ccc([C@H](CF)N2CCNCC2)s1. The second kappa shape index (κ2) is 5.52. The molecule has 0 saturated carbocycles. The maximum Gasteiger partial charge on any atom is 0.324 e. The van der Waals surface area contributed by atoms with Gasteiger partial charge in [0, 0.05) is 37.1 Å². The van der Waals surface area contributed by atoms with Crippen LogP contribution in [0.15, 0.2) is 12.1 Å². The van der Waals surface area contributed by atoms with Gasteiger partial charge in [-0.15, -0.1) is 0 Å². The molecule has 1 aliphatic heterocycles. The molecule has 0 spiro atoms. The Kier molecular flexibility index (Phi) is 4.03. The predicted octanol–water partition coefficient (Wildman–Crippen LogP) is 1.57. The molecule has 0 amide bonds. The van der Waals surface area contributed by atoms with Crippen LogP contribution < -0.4 is 5.32 Å². The smallest absolute Gasteiger partial charge is 0.314 e. The fraction of sp³-hybridized carbons (Fsp3) is 0.600. The monoisotopic (exact) mass is 259 g/mol. The molecule has 5 nitrogen and oxygen atoms in total. The van der Waals surface area contributed by atoms with E-state index in [2.05, 4.69) is 5.32 Å². The lowest BCUT2D eigenvalue weighted by molar-refractivity contribution is -0.380. The fourth-order valence-electron chi connectivity index (χ4n) is 1.97. The van der Waals surface area contributed by atoms with E-state index < -0.39 is 11.6 Å². The van der Waals surface area contributed by atoms with Crippen LogP contribution >= 0.6 is 11.3 Å². The van der Waals surface area contributed by atoms with Gasteiger partial charge in [0.25, 0.3) is 0 Å². The molecular formula is C10H14FN3O2S. The Labute approximate surface area is 102 Å². The topological polar surface area (TPSA) is 58.4 Å². The van der Waals surface area contributed by atoms with E-state index in [1.54, 1.807) is 6.07 Å². The minimum atomic E-state index is -0.502. The van der Waals surface area contributed by atoms with Crippen LogP contribution in [0.3, 0.4) is 0 Å². The third-order valence-corrected chi connectivity index (χ3v) is 4.00. The molecule has 7 heteroatoms. The summed E-state index contributed by atoms with van der Waals surface area (Å²) in [6.07, 6.45) is 0. The van der Waals surface area contributed by atoms with Gasteiger partial charge in [-0.2, -0.15) is 0 Å². The van der Waals surface area contributed by atoms with E-state index in [9.17, 15) is 14.5 Å². The number of halogens is 1. The van der Waals surface area contributed by atoms with Crippen LogP contribution in [0.2, 0.25) is 0 Å². The Morgan fingerprint density at radius 2 is 2.24 bits per heavy atom. The van der Waals surface area contributed by atoms with Gasteiger partial charge in [0.2, 0.25) is 0 Å². The number of nitrogens with zero attached hydrogens (tertiary/aromatic N) is 2. The van der Waals surface area contributed by atoms with Crippen molar-refractivity contribution in [3.05, 3.63) is 27.1 Å². The second-order valence-corrected chi connectivity index (χ2v) is 4.98. The number of rotatable bonds is 4. The van der Waals surface area contributed by atoms with Crippen molar-refractivity contribution in [1.82, 2.24) is 10.2 Å². The summed E-state index contributed by atoms with van der Waals surface area (Å²) < 4.78 is 13.1. The van der Waals surface area contributed by atoms with Crippen molar-refractivity contribution in [2.24, 2.45) is 0 Å². The van der Waals surface area contributed by atoms with Crippen molar-refractivity contribution >= 4 is 16.3 Å². The predicted molar refractivity (Wildman–Crippen MR) is 64.1 cm³/mol. The highest BCUT2D eigenvalue weighted by Crippen LogP contribution is 2.32. The van der Waals surface area contributed by atoms with Gasteiger partial charge in [-0.1, -0.05) is 11.3 Å². The molecule has 2 rings (SSSR count). The molecule has 0 aromatic carbocycles. The van der Waals surface area contributed by atoms with Gasteiger partial charge in [-0.25, -0.2) is 4.39 Å². The molecule has 0 aliphatic carbocycles. The van der Waals surface area contributed by atoms with Gasteiger partial charge >= 0.3 is 5.00 Å². The minimum absolute atomic E-state index is 0.0774. The van der Waals surface area contributed by atoms with Crippen LogP contribution in [0.25, 0.3) is 0 Å². The first kappa shape index (κ1) is 12.4.